The first-order valence-electron chi connectivity index (χ1n) is 9.89. The zero-order chi connectivity index (χ0) is 22.0. The van der Waals surface area contributed by atoms with Gasteiger partial charge in [-0.25, -0.2) is 0 Å². The molecule has 0 radical (unpaired) electrons. The maximum absolute atomic E-state index is 12.9. The van der Waals surface area contributed by atoms with E-state index in [1.807, 2.05) is 58.0 Å². The van der Waals surface area contributed by atoms with E-state index in [4.69, 9.17) is 14.2 Å². The quantitative estimate of drug-likeness (QED) is 0.385. The highest BCUT2D eigenvalue weighted by molar-refractivity contribution is 6.93. The highest BCUT2D eigenvalue weighted by Crippen LogP contribution is 2.43. The molecule has 0 aromatic heterocycles. The second-order valence-electron chi connectivity index (χ2n) is 8.68. The van der Waals surface area contributed by atoms with Crippen LogP contribution in [0.4, 0.5) is 0 Å². The Morgan fingerprint density at radius 3 is 2.03 bits per heavy atom. The second kappa shape index (κ2) is 8.62. The second-order valence-corrected chi connectivity index (χ2v) is 13.7. The zero-order valence-electron chi connectivity index (χ0n) is 18.6. The Balaban J connectivity index is 2.73. The van der Waals surface area contributed by atoms with Gasteiger partial charge in [-0.15, -0.1) is 0 Å². The fraction of sp³-hybridized carbons (Fsp3) is 0.478. The van der Waals surface area contributed by atoms with Crippen LogP contribution in [0.1, 0.15) is 33.3 Å². The molecule has 1 unspecified atom stereocenters. The molecule has 0 spiro atoms. The molecular formula is C23H32O5Si. The molecule has 1 aromatic carbocycles. The van der Waals surface area contributed by atoms with Crippen molar-refractivity contribution in [3.8, 4) is 0 Å². The van der Waals surface area contributed by atoms with Crippen LogP contribution in [-0.2, 0) is 19.0 Å². The van der Waals surface area contributed by atoms with Crippen LogP contribution >= 0.6 is 0 Å². The molecule has 2 rings (SSSR count). The molecule has 29 heavy (non-hydrogen) atoms. The van der Waals surface area contributed by atoms with Gasteiger partial charge in [-0.3, -0.25) is 4.79 Å². The van der Waals surface area contributed by atoms with Gasteiger partial charge in [0.05, 0.1) is 27.4 Å². The van der Waals surface area contributed by atoms with Crippen molar-refractivity contribution in [2.24, 2.45) is 0 Å². The number of ether oxygens (including phenoxy) is 3. The summed E-state index contributed by atoms with van der Waals surface area (Å²) in [6, 6.07) is 9.84. The molecule has 0 heterocycles. The van der Waals surface area contributed by atoms with Crippen molar-refractivity contribution >= 4 is 19.1 Å². The van der Waals surface area contributed by atoms with Crippen molar-refractivity contribution in [1.82, 2.24) is 0 Å². The van der Waals surface area contributed by atoms with Crippen molar-refractivity contribution in [2.75, 3.05) is 7.11 Å². The molecule has 1 aromatic rings. The summed E-state index contributed by atoms with van der Waals surface area (Å²) in [5.74, 6) is -0.426. The molecule has 1 N–H and O–H groups in total. The number of ketones is 1. The maximum atomic E-state index is 12.9. The first-order chi connectivity index (χ1) is 13.4. The van der Waals surface area contributed by atoms with E-state index in [0.717, 1.165) is 10.8 Å². The number of carbonyl (C=O) groups excluding carboxylic acids is 1. The van der Waals surface area contributed by atoms with E-state index in [1.165, 1.54) is 7.11 Å². The van der Waals surface area contributed by atoms with Crippen LogP contribution in [-0.4, -0.2) is 43.9 Å². The number of rotatable bonds is 8. The van der Waals surface area contributed by atoms with Crippen molar-refractivity contribution in [3.63, 3.8) is 0 Å². The van der Waals surface area contributed by atoms with Gasteiger partial charge >= 0.3 is 0 Å². The van der Waals surface area contributed by atoms with Crippen LogP contribution < -0.4 is 0 Å². The van der Waals surface area contributed by atoms with E-state index in [-0.39, 0.29) is 29.5 Å². The van der Waals surface area contributed by atoms with Gasteiger partial charge in [0, 0.05) is 0 Å². The summed E-state index contributed by atoms with van der Waals surface area (Å²) >= 11 is 0. The minimum Gasteiger partial charge on any atom is -0.489 e. The summed E-state index contributed by atoms with van der Waals surface area (Å²) in [6.07, 6.45) is -0.473. The van der Waals surface area contributed by atoms with Crippen molar-refractivity contribution in [1.29, 1.82) is 0 Å². The predicted molar refractivity (Wildman–Crippen MR) is 117 cm³/mol. The van der Waals surface area contributed by atoms with Gasteiger partial charge in [-0.1, -0.05) is 55.7 Å². The number of carbonyl (C=O) groups is 1. The average Bonchev–Trinajstić information content (AvgIpc) is 2.64. The van der Waals surface area contributed by atoms with Crippen molar-refractivity contribution in [2.45, 2.75) is 65.1 Å². The third-order valence-corrected chi connectivity index (χ3v) is 6.27. The monoisotopic (exact) mass is 416 g/mol. The zero-order valence-corrected chi connectivity index (χ0v) is 19.6. The summed E-state index contributed by atoms with van der Waals surface area (Å²) in [5.41, 5.74) is 2.19. The van der Waals surface area contributed by atoms with E-state index < -0.39 is 19.5 Å². The fourth-order valence-corrected chi connectivity index (χ4v) is 4.62. The molecule has 1 aliphatic rings. The summed E-state index contributed by atoms with van der Waals surface area (Å²) < 4.78 is 16.9. The number of benzene rings is 1. The summed E-state index contributed by atoms with van der Waals surface area (Å²) in [6.45, 7) is 13.8. The van der Waals surface area contributed by atoms with E-state index >= 15 is 0 Å². The highest BCUT2D eigenvalue weighted by atomic mass is 28.3. The molecule has 158 valence electrons. The van der Waals surface area contributed by atoms with Crippen LogP contribution in [0.25, 0.3) is 5.20 Å². The molecule has 1 atom stereocenters. The van der Waals surface area contributed by atoms with E-state index in [2.05, 4.69) is 25.4 Å². The normalized spacial score (nSPS) is 19.1. The van der Waals surface area contributed by atoms with Gasteiger partial charge in [0.2, 0.25) is 11.5 Å². The topological polar surface area (TPSA) is 65.0 Å². The van der Waals surface area contributed by atoms with E-state index in [9.17, 15) is 9.90 Å². The summed E-state index contributed by atoms with van der Waals surface area (Å²) in [4.78, 5) is 12.9. The lowest BCUT2D eigenvalue weighted by Gasteiger charge is -2.39. The fourth-order valence-electron chi connectivity index (χ4n) is 3.10. The van der Waals surface area contributed by atoms with E-state index in [0.29, 0.717) is 0 Å². The number of Topliss-reactive ketones (excluding diaryl/α,β-unsaturated/α-hetero) is 1. The molecule has 1 aliphatic carbocycles. The number of hydrogen-bond donors (Lipinski definition) is 1. The van der Waals surface area contributed by atoms with Gasteiger partial charge in [0.15, 0.2) is 11.5 Å². The molecular weight excluding hydrogens is 384 g/mol. The summed E-state index contributed by atoms with van der Waals surface area (Å²) in [5, 5.41) is 12.3. The molecule has 0 aliphatic heterocycles. The van der Waals surface area contributed by atoms with Gasteiger partial charge in [0.25, 0.3) is 5.60 Å². The molecule has 0 saturated heterocycles. The van der Waals surface area contributed by atoms with Crippen LogP contribution in [0.3, 0.4) is 0 Å². The van der Waals surface area contributed by atoms with Crippen LogP contribution in [0, 0.1) is 0 Å². The number of methoxy groups -OCH3 is 1. The molecule has 5 nitrogen and oxygen atoms in total. The maximum Gasteiger partial charge on any atom is 0.257 e. The van der Waals surface area contributed by atoms with Crippen LogP contribution in [0.15, 0.2) is 53.3 Å². The molecule has 0 fully saturated rings. The van der Waals surface area contributed by atoms with E-state index in [1.54, 1.807) is 0 Å². The van der Waals surface area contributed by atoms with Crippen molar-refractivity contribution < 1.29 is 24.1 Å². The first-order valence-corrected chi connectivity index (χ1v) is 13.4. The molecule has 0 bridgehead atoms. The van der Waals surface area contributed by atoms with Gasteiger partial charge < -0.3 is 19.3 Å². The Morgan fingerprint density at radius 2 is 1.59 bits per heavy atom. The Bertz CT molecular complexity index is 855. The smallest absolute Gasteiger partial charge is 0.257 e. The summed E-state index contributed by atoms with van der Waals surface area (Å²) in [7, 11) is -0.474. The first kappa shape index (κ1) is 23.0. The lowest BCUT2D eigenvalue weighted by Crippen LogP contribution is -2.55. The lowest BCUT2D eigenvalue weighted by molar-refractivity contribution is -0.149. The standard InChI is InChI=1S/C23H32O5Si/c1-15(2)27-20-21(24)23(25,22(20)28-16(3)4)19(26-5)14-18(29(6,7)8)17-12-10-9-11-13-17/h9-13,15-16,25H,1-8H3. The molecule has 0 amide bonds. The van der Waals surface area contributed by atoms with Gasteiger partial charge in [-0.2, -0.15) is 0 Å². The van der Waals surface area contributed by atoms with Crippen LogP contribution in [0.5, 0.6) is 0 Å². The number of hydrogen-bond acceptors (Lipinski definition) is 5. The minimum absolute atomic E-state index is 0.0236. The molecule has 6 heteroatoms. The third-order valence-electron chi connectivity index (χ3n) is 4.36. The Hall–Kier alpha value is -2.27. The average molecular weight is 417 g/mol. The van der Waals surface area contributed by atoms with Crippen molar-refractivity contribution in [3.05, 3.63) is 58.9 Å². The number of aliphatic hydroxyl groups is 1. The SMILES string of the molecule is COC(=C=C(c1ccccc1)[Si](C)(C)C)C1(O)C(=O)C(OC(C)C)=C1OC(C)C. The van der Waals surface area contributed by atoms with Crippen LogP contribution in [0.2, 0.25) is 19.6 Å². The molecule has 0 saturated carbocycles. The Kier molecular flexibility index (Phi) is 6.84. The predicted octanol–water partition coefficient (Wildman–Crippen LogP) is 4.45. The highest BCUT2D eigenvalue weighted by Gasteiger charge is 2.61. The third kappa shape index (κ3) is 4.66. The largest absolute Gasteiger partial charge is 0.489 e. The Labute approximate surface area is 174 Å². The Morgan fingerprint density at radius 1 is 1.03 bits per heavy atom. The lowest BCUT2D eigenvalue weighted by atomic mass is 9.81. The van der Waals surface area contributed by atoms with Gasteiger partial charge in [0.1, 0.15) is 0 Å². The van der Waals surface area contributed by atoms with Gasteiger partial charge in [-0.05, 0) is 38.5 Å². The minimum atomic E-state index is -2.04.